The Bertz CT molecular complexity index is 1110. The first-order valence-electron chi connectivity index (χ1n) is 11.8. The summed E-state index contributed by atoms with van der Waals surface area (Å²) >= 11 is 14.2. The highest BCUT2D eigenvalue weighted by atomic mass is 127. The Balaban J connectivity index is 2.06. The predicted octanol–water partition coefficient (Wildman–Crippen LogP) is 5.84. The maximum Gasteiger partial charge on any atom is 0.262 e. The van der Waals surface area contributed by atoms with Crippen LogP contribution < -0.4 is 25.0 Å². The van der Waals surface area contributed by atoms with E-state index in [0.29, 0.717) is 35.3 Å². The van der Waals surface area contributed by atoms with E-state index in [1.807, 2.05) is 26.8 Å². The Morgan fingerprint density at radius 1 is 1.11 bits per heavy atom. The average molecular weight is 664 g/mol. The number of methoxy groups -OCH3 is 1. The molecule has 2 amide bonds. The molecule has 2 N–H and O–H groups in total. The highest BCUT2D eigenvalue weighted by Crippen LogP contribution is 2.33. The Hall–Kier alpha value is -2.24. The number of ether oxygens (including phenoxy) is 3. The second-order valence-corrected chi connectivity index (χ2v) is 10.6. The van der Waals surface area contributed by atoms with Gasteiger partial charge in [0, 0.05) is 5.02 Å². The standard InChI is InChI=1S/C26H32Cl2IN3O5/c1-6-9-36-24-20(29)11-17(12-23(24)35-5)14-30-32-26(34)21(10-15(2)3)31-25(33)16(4)37-22-8-7-18(27)13-19(22)28/h7-8,11-16,21H,6,9-10H2,1-5H3,(H,31,33)(H,32,34)/b30-14-/t16-,21+/m1/s1. The number of halogens is 3. The number of nitrogens with one attached hydrogen (secondary N) is 2. The largest absolute Gasteiger partial charge is 0.493 e. The highest BCUT2D eigenvalue weighted by Gasteiger charge is 2.25. The second kappa shape index (κ2) is 15.2. The van der Waals surface area contributed by atoms with E-state index < -0.39 is 24.0 Å². The van der Waals surface area contributed by atoms with E-state index in [0.717, 1.165) is 15.6 Å². The average Bonchev–Trinajstić information content (AvgIpc) is 2.83. The number of hydrazone groups is 1. The highest BCUT2D eigenvalue weighted by molar-refractivity contribution is 14.1. The van der Waals surface area contributed by atoms with Crippen molar-refractivity contribution in [1.29, 1.82) is 0 Å². The molecule has 0 aliphatic rings. The molecule has 2 aromatic rings. The van der Waals surface area contributed by atoms with Crippen molar-refractivity contribution in [3.8, 4) is 17.2 Å². The van der Waals surface area contributed by atoms with Crippen molar-refractivity contribution in [2.75, 3.05) is 13.7 Å². The van der Waals surface area contributed by atoms with Gasteiger partial charge in [0.15, 0.2) is 17.6 Å². The van der Waals surface area contributed by atoms with Crippen molar-refractivity contribution in [2.45, 2.75) is 52.7 Å². The summed E-state index contributed by atoms with van der Waals surface area (Å²) in [5.41, 5.74) is 3.24. The Morgan fingerprint density at radius 3 is 2.46 bits per heavy atom. The van der Waals surface area contributed by atoms with E-state index in [-0.39, 0.29) is 10.9 Å². The summed E-state index contributed by atoms with van der Waals surface area (Å²) in [6.45, 7) is 8.10. The number of amides is 2. The zero-order chi connectivity index (χ0) is 27.5. The maximum atomic E-state index is 12.9. The van der Waals surface area contributed by atoms with Crippen LogP contribution in [-0.2, 0) is 9.59 Å². The van der Waals surface area contributed by atoms with Crippen LogP contribution in [0.4, 0.5) is 0 Å². The number of benzene rings is 2. The molecule has 0 aliphatic carbocycles. The first kappa shape index (κ1) is 31.0. The van der Waals surface area contributed by atoms with Crippen LogP contribution in [0.3, 0.4) is 0 Å². The molecule has 0 unspecified atom stereocenters. The lowest BCUT2D eigenvalue weighted by molar-refractivity contribution is -0.132. The van der Waals surface area contributed by atoms with Crippen molar-refractivity contribution >= 4 is 63.8 Å². The molecule has 2 rings (SSSR count). The molecule has 37 heavy (non-hydrogen) atoms. The Kier molecular flexibility index (Phi) is 12.8. The van der Waals surface area contributed by atoms with E-state index >= 15 is 0 Å². The van der Waals surface area contributed by atoms with Crippen molar-refractivity contribution in [2.24, 2.45) is 11.0 Å². The molecule has 0 saturated carbocycles. The van der Waals surface area contributed by atoms with Crippen molar-refractivity contribution in [3.05, 3.63) is 49.5 Å². The summed E-state index contributed by atoms with van der Waals surface area (Å²) in [7, 11) is 1.57. The number of nitrogens with zero attached hydrogens (tertiary/aromatic N) is 1. The monoisotopic (exact) mass is 663 g/mol. The molecule has 0 aliphatic heterocycles. The number of carbonyl (C=O) groups is 2. The number of rotatable bonds is 13. The van der Waals surface area contributed by atoms with Crippen LogP contribution in [-0.4, -0.2) is 43.9 Å². The van der Waals surface area contributed by atoms with Crippen LogP contribution in [0.1, 0.15) is 46.1 Å². The fourth-order valence-electron chi connectivity index (χ4n) is 3.21. The molecule has 0 saturated heterocycles. The van der Waals surface area contributed by atoms with Gasteiger partial charge < -0.3 is 19.5 Å². The topological polar surface area (TPSA) is 98.2 Å². The molecule has 8 nitrogen and oxygen atoms in total. The summed E-state index contributed by atoms with van der Waals surface area (Å²) in [6.07, 6.45) is 1.90. The molecule has 0 aromatic heterocycles. The lowest BCUT2D eigenvalue weighted by Crippen LogP contribution is -2.49. The predicted molar refractivity (Wildman–Crippen MR) is 155 cm³/mol. The van der Waals surface area contributed by atoms with Gasteiger partial charge in [-0.05, 0) is 84.2 Å². The molecule has 202 valence electrons. The molecule has 0 spiro atoms. The first-order chi connectivity index (χ1) is 17.5. The third-order valence-electron chi connectivity index (χ3n) is 5.00. The summed E-state index contributed by atoms with van der Waals surface area (Å²) in [4.78, 5) is 25.7. The van der Waals surface area contributed by atoms with Gasteiger partial charge in [-0.15, -0.1) is 0 Å². The molecule has 0 bridgehead atoms. The quantitative estimate of drug-likeness (QED) is 0.159. The van der Waals surface area contributed by atoms with E-state index in [2.05, 4.69) is 38.4 Å². The van der Waals surface area contributed by atoms with Crippen LogP contribution in [0.25, 0.3) is 0 Å². The molecule has 11 heteroatoms. The lowest BCUT2D eigenvalue weighted by Gasteiger charge is -2.22. The van der Waals surface area contributed by atoms with Gasteiger partial charge in [0.25, 0.3) is 11.8 Å². The van der Waals surface area contributed by atoms with Crippen LogP contribution in [0.2, 0.25) is 10.0 Å². The number of carbonyl (C=O) groups excluding carboxylic acids is 2. The smallest absolute Gasteiger partial charge is 0.262 e. The Labute approximate surface area is 241 Å². The van der Waals surface area contributed by atoms with Gasteiger partial charge in [0.1, 0.15) is 11.8 Å². The van der Waals surface area contributed by atoms with Gasteiger partial charge in [-0.3, -0.25) is 9.59 Å². The van der Waals surface area contributed by atoms with Gasteiger partial charge in [-0.25, -0.2) is 5.43 Å². The third kappa shape index (κ3) is 9.86. The van der Waals surface area contributed by atoms with Crippen molar-refractivity contribution in [3.63, 3.8) is 0 Å². The van der Waals surface area contributed by atoms with Crippen LogP contribution in [0.15, 0.2) is 35.4 Å². The summed E-state index contributed by atoms with van der Waals surface area (Å²) in [5.74, 6) is 0.801. The van der Waals surface area contributed by atoms with E-state index in [1.54, 1.807) is 32.2 Å². The minimum atomic E-state index is -0.896. The molecule has 2 atom stereocenters. The van der Waals surface area contributed by atoms with Gasteiger partial charge >= 0.3 is 0 Å². The van der Waals surface area contributed by atoms with Gasteiger partial charge in [0.05, 0.1) is 28.5 Å². The lowest BCUT2D eigenvalue weighted by atomic mass is 10.0. The van der Waals surface area contributed by atoms with Gasteiger partial charge in [-0.1, -0.05) is 44.0 Å². The Morgan fingerprint density at radius 2 is 1.84 bits per heavy atom. The first-order valence-corrected chi connectivity index (χ1v) is 13.6. The summed E-state index contributed by atoms with van der Waals surface area (Å²) in [6, 6.07) is 7.56. The van der Waals surface area contributed by atoms with Crippen LogP contribution in [0, 0.1) is 9.49 Å². The minimum absolute atomic E-state index is 0.142. The molecule has 0 fully saturated rings. The SMILES string of the molecule is CCCOc1c(I)cc(/C=N\NC(=O)[C@H](CC(C)C)NC(=O)[C@@H](C)Oc2ccc(Cl)cc2Cl)cc1OC. The zero-order valence-electron chi connectivity index (χ0n) is 21.4. The van der Waals surface area contributed by atoms with E-state index in [1.165, 1.54) is 12.3 Å². The maximum absolute atomic E-state index is 12.9. The molecule has 0 heterocycles. The van der Waals surface area contributed by atoms with Crippen LogP contribution >= 0.6 is 45.8 Å². The summed E-state index contributed by atoms with van der Waals surface area (Å²) in [5, 5.41) is 7.57. The minimum Gasteiger partial charge on any atom is -0.493 e. The fraction of sp³-hybridized carbons (Fsp3) is 0.423. The van der Waals surface area contributed by atoms with Crippen molar-refractivity contribution < 1.29 is 23.8 Å². The van der Waals surface area contributed by atoms with E-state index in [4.69, 9.17) is 37.4 Å². The number of hydrogen-bond donors (Lipinski definition) is 2. The normalized spacial score (nSPS) is 12.8. The van der Waals surface area contributed by atoms with Gasteiger partial charge in [0.2, 0.25) is 0 Å². The van der Waals surface area contributed by atoms with Gasteiger partial charge in [-0.2, -0.15) is 5.10 Å². The number of hydrogen-bond acceptors (Lipinski definition) is 6. The molecular formula is C26H32Cl2IN3O5. The fourth-order valence-corrected chi connectivity index (χ4v) is 4.45. The molecule has 2 aromatic carbocycles. The van der Waals surface area contributed by atoms with E-state index in [9.17, 15) is 9.59 Å². The zero-order valence-corrected chi connectivity index (χ0v) is 25.1. The van der Waals surface area contributed by atoms with Crippen LogP contribution in [0.5, 0.6) is 17.2 Å². The second-order valence-electron chi connectivity index (χ2n) is 8.64. The van der Waals surface area contributed by atoms with Crippen molar-refractivity contribution in [1.82, 2.24) is 10.7 Å². The molecular weight excluding hydrogens is 632 g/mol. The third-order valence-corrected chi connectivity index (χ3v) is 6.33. The molecule has 0 radical (unpaired) electrons. The summed E-state index contributed by atoms with van der Waals surface area (Å²) < 4.78 is 17.7.